The second-order valence-corrected chi connectivity index (χ2v) is 6.70. The van der Waals surface area contributed by atoms with E-state index in [9.17, 15) is 13.6 Å². The fraction of sp³-hybridized carbons (Fsp3) is 0.368. The molecule has 4 rings (SSSR count). The van der Waals surface area contributed by atoms with Gasteiger partial charge in [0.1, 0.15) is 6.61 Å². The number of carbonyl (C=O) groups excluding carboxylic acids is 1. The third kappa shape index (κ3) is 3.45. The van der Waals surface area contributed by atoms with Crippen LogP contribution in [-0.4, -0.2) is 52.5 Å². The molecule has 2 fully saturated rings. The number of halogens is 2. The molecule has 2 atom stereocenters. The van der Waals surface area contributed by atoms with Crippen molar-refractivity contribution in [2.75, 3.05) is 19.7 Å². The summed E-state index contributed by atoms with van der Waals surface area (Å²) >= 11 is 0. The second kappa shape index (κ2) is 7.09. The fourth-order valence-electron chi connectivity index (χ4n) is 3.64. The summed E-state index contributed by atoms with van der Waals surface area (Å²) in [6.07, 6.45) is 1.63. The van der Waals surface area contributed by atoms with Gasteiger partial charge in [-0.05, 0) is 29.8 Å². The Balaban J connectivity index is 1.47. The zero-order valence-corrected chi connectivity index (χ0v) is 14.1. The van der Waals surface area contributed by atoms with E-state index in [0.717, 1.165) is 11.8 Å². The van der Waals surface area contributed by atoms with Crippen molar-refractivity contribution in [2.45, 2.75) is 25.2 Å². The molecular formula is C19H19F2N3O2. The SMILES string of the molecule is O=C1COC2CN(Cc3ccc(F)c(F)c3)CC2N1Cc1ccccn1. The van der Waals surface area contributed by atoms with Crippen LogP contribution < -0.4 is 0 Å². The maximum Gasteiger partial charge on any atom is 0.249 e. The zero-order chi connectivity index (χ0) is 18.1. The Morgan fingerprint density at radius 1 is 1.12 bits per heavy atom. The normalized spacial score (nSPS) is 23.3. The third-order valence-electron chi connectivity index (χ3n) is 4.90. The van der Waals surface area contributed by atoms with Crippen molar-refractivity contribution in [3.63, 3.8) is 0 Å². The highest BCUT2D eigenvalue weighted by Gasteiger charge is 2.43. The quantitative estimate of drug-likeness (QED) is 0.837. The molecule has 2 aromatic rings. The molecule has 1 amide bonds. The number of fused-ring (bicyclic) bond motifs is 1. The summed E-state index contributed by atoms with van der Waals surface area (Å²) in [7, 11) is 0. The summed E-state index contributed by atoms with van der Waals surface area (Å²) in [6.45, 7) is 2.27. The number of aromatic nitrogens is 1. The minimum absolute atomic E-state index is 0.0495. The summed E-state index contributed by atoms with van der Waals surface area (Å²) in [6, 6.07) is 9.50. The molecule has 0 N–H and O–H groups in total. The molecule has 3 heterocycles. The Hall–Kier alpha value is -2.38. The van der Waals surface area contributed by atoms with Gasteiger partial charge in [-0.3, -0.25) is 14.7 Å². The number of nitrogens with zero attached hydrogens (tertiary/aromatic N) is 3. The zero-order valence-electron chi connectivity index (χ0n) is 14.1. The van der Waals surface area contributed by atoms with Gasteiger partial charge in [0.25, 0.3) is 0 Å². The van der Waals surface area contributed by atoms with Gasteiger partial charge in [-0.15, -0.1) is 0 Å². The van der Waals surface area contributed by atoms with Crippen molar-refractivity contribution >= 4 is 5.91 Å². The van der Waals surface area contributed by atoms with Crippen LogP contribution in [0.2, 0.25) is 0 Å². The minimum atomic E-state index is -0.848. The Morgan fingerprint density at radius 3 is 2.77 bits per heavy atom. The highest BCUT2D eigenvalue weighted by Crippen LogP contribution is 2.26. The van der Waals surface area contributed by atoms with Crippen molar-refractivity contribution in [1.82, 2.24) is 14.8 Å². The van der Waals surface area contributed by atoms with Crippen LogP contribution in [0.4, 0.5) is 8.78 Å². The van der Waals surface area contributed by atoms with Crippen LogP contribution in [0.15, 0.2) is 42.6 Å². The van der Waals surface area contributed by atoms with E-state index in [0.29, 0.717) is 31.7 Å². The topological polar surface area (TPSA) is 45.7 Å². The molecule has 136 valence electrons. The summed E-state index contributed by atoms with van der Waals surface area (Å²) in [5.74, 6) is -1.74. The van der Waals surface area contributed by atoms with Crippen LogP contribution in [-0.2, 0) is 22.6 Å². The number of ether oxygens (including phenoxy) is 1. The standard InChI is InChI=1S/C19H19F2N3O2/c20-15-5-4-13(7-16(15)21)8-23-10-17-18(11-23)26-12-19(25)24(17)9-14-3-1-2-6-22-14/h1-7,17-18H,8-12H2. The van der Waals surface area contributed by atoms with Gasteiger partial charge in [-0.25, -0.2) is 8.78 Å². The lowest BCUT2D eigenvalue weighted by Gasteiger charge is -2.36. The van der Waals surface area contributed by atoms with Crippen LogP contribution in [0, 0.1) is 11.6 Å². The first-order valence-electron chi connectivity index (χ1n) is 8.57. The maximum absolute atomic E-state index is 13.4. The van der Waals surface area contributed by atoms with Gasteiger partial charge in [0.2, 0.25) is 5.91 Å². The van der Waals surface area contributed by atoms with Crippen molar-refractivity contribution < 1.29 is 18.3 Å². The molecule has 0 spiro atoms. The van der Waals surface area contributed by atoms with E-state index in [2.05, 4.69) is 9.88 Å². The van der Waals surface area contributed by atoms with Gasteiger partial charge in [-0.2, -0.15) is 0 Å². The lowest BCUT2D eigenvalue weighted by molar-refractivity contribution is -0.154. The van der Waals surface area contributed by atoms with Crippen molar-refractivity contribution in [3.8, 4) is 0 Å². The number of pyridine rings is 1. The second-order valence-electron chi connectivity index (χ2n) is 6.70. The number of hydrogen-bond acceptors (Lipinski definition) is 4. The largest absolute Gasteiger partial charge is 0.365 e. The highest BCUT2D eigenvalue weighted by molar-refractivity contribution is 5.78. The van der Waals surface area contributed by atoms with Crippen molar-refractivity contribution in [3.05, 3.63) is 65.5 Å². The number of rotatable bonds is 4. The van der Waals surface area contributed by atoms with Crippen LogP contribution >= 0.6 is 0 Å². The molecule has 5 nitrogen and oxygen atoms in total. The Bertz CT molecular complexity index is 803. The number of hydrogen-bond donors (Lipinski definition) is 0. The summed E-state index contributed by atoms with van der Waals surface area (Å²) < 4.78 is 32.2. The number of benzene rings is 1. The Morgan fingerprint density at radius 2 is 2.00 bits per heavy atom. The predicted octanol–water partition coefficient (Wildman–Crippen LogP) is 1.97. The van der Waals surface area contributed by atoms with Crippen LogP contribution in [0.25, 0.3) is 0 Å². The molecule has 2 aliphatic rings. The van der Waals surface area contributed by atoms with Gasteiger partial charge in [-0.1, -0.05) is 12.1 Å². The maximum atomic E-state index is 13.4. The molecule has 7 heteroatoms. The monoisotopic (exact) mass is 359 g/mol. The predicted molar refractivity (Wildman–Crippen MR) is 90.0 cm³/mol. The average Bonchev–Trinajstić information content (AvgIpc) is 3.04. The molecule has 2 aliphatic heterocycles. The van der Waals surface area contributed by atoms with E-state index in [1.54, 1.807) is 12.3 Å². The molecule has 0 radical (unpaired) electrons. The fourth-order valence-corrected chi connectivity index (χ4v) is 3.64. The summed E-state index contributed by atoms with van der Waals surface area (Å²) in [4.78, 5) is 20.6. The molecule has 1 aromatic carbocycles. The first-order chi connectivity index (χ1) is 12.6. The van der Waals surface area contributed by atoms with E-state index in [-0.39, 0.29) is 24.7 Å². The molecule has 1 aromatic heterocycles. The molecule has 0 bridgehead atoms. The van der Waals surface area contributed by atoms with E-state index in [1.165, 1.54) is 6.07 Å². The lowest BCUT2D eigenvalue weighted by atomic mass is 10.1. The molecule has 0 aliphatic carbocycles. The molecule has 26 heavy (non-hydrogen) atoms. The van der Waals surface area contributed by atoms with Crippen LogP contribution in [0.3, 0.4) is 0 Å². The number of carbonyl (C=O) groups is 1. The van der Waals surface area contributed by atoms with Crippen molar-refractivity contribution in [1.29, 1.82) is 0 Å². The average molecular weight is 359 g/mol. The van der Waals surface area contributed by atoms with Gasteiger partial charge in [0, 0.05) is 25.8 Å². The van der Waals surface area contributed by atoms with E-state index >= 15 is 0 Å². The number of amides is 1. The first-order valence-corrected chi connectivity index (χ1v) is 8.57. The van der Waals surface area contributed by atoms with Crippen molar-refractivity contribution in [2.24, 2.45) is 0 Å². The van der Waals surface area contributed by atoms with Crippen LogP contribution in [0.5, 0.6) is 0 Å². The number of likely N-dealkylation sites (tertiary alicyclic amines) is 1. The molecule has 2 saturated heterocycles. The lowest BCUT2D eigenvalue weighted by Crippen LogP contribution is -2.53. The summed E-state index contributed by atoms with van der Waals surface area (Å²) in [5.41, 5.74) is 1.53. The van der Waals surface area contributed by atoms with E-state index in [4.69, 9.17) is 4.74 Å². The minimum Gasteiger partial charge on any atom is -0.365 e. The Kier molecular flexibility index (Phi) is 4.65. The first kappa shape index (κ1) is 17.1. The summed E-state index contributed by atoms with van der Waals surface area (Å²) in [5, 5.41) is 0. The van der Waals surface area contributed by atoms with Gasteiger partial charge in [0.05, 0.1) is 24.4 Å². The van der Waals surface area contributed by atoms with Gasteiger partial charge >= 0.3 is 0 Å². The molecule has 0 saturated carbocycles. The van der Waals surface area contributed by atoms with E-state index < -0.39 is 11.6 Å². The van der Waals surface area contributed by atoms with Gasteiger partial charge in [0.15, 0.2) is 11.6 Å². The highest BCUT2D eigenvalue weighted by atomic mass is 19.2. The van der Waals surface area contributed by atoms with Crippen LogP contribution in [0.1, 0.15) is 11.3 Å². The van der Waals surface area contributed by atoms with Gasteiger partial charge < -0.3 is 9.64 Å². The smallest absolute Gasteiger partial charge is 0.249 e. The Labute approximate surface area is 150 Å². The molecule has 2 unspecified atom stereocenters. The van der Waals surface area contributed by atoms with E-state index in [1.807, 2.05) is 23.1 Å². The third-order valence-corrected chi connectivity index (χ3v) is 4.90. The number of morpholine rings is 1. The molecular weight excluding hydrogens is 340 g/mol.